The molecule has 0 atom stereocenters. The van der Waals surface area contributed by atoms with Gasteiger partial charge in [-0.05, 0) is 34.6 Å². The van der Waals surface area contributed by atoms with Crippen molar-refractivity contribution in [3.8, 4) is 0 Å². The Bertz CT molecular complexity index is 478. The van der Waals surface area contributed by atoms with Crippen molar-refractivity contribution < 1.29 is 17.3 Å². The number of halogens is 1. The standard InChI is InChI=1S/C18H22OP.ClH.Mg/c1-3-5-15-7-11-17(12-8-15)20(19)18-13-9-16(6-4-2)10-14-18;;/h7-14H,3-6H2,1-2H3;1H;/q-1;;+2/p-1. The molecule has 0 fully saturated rings. The average molecular weight is 345 g/mol. The third kappa shape index (κ3) is 6.18. The summed E-state index contributed by atoms with van der Waals surface area (Å²) >= 11 is 0. The molecule has 4 heteroatoms. The minimum atomic E-state index is -1.46. The van der Waals surface area contributed by atoms with Gasteiger partial charge in [0.15, 0.2) is 0 Å². The first-order chi connectivity index (χ1) is 9.74. The van der Waals surface area contributed by atoms with Crippen molar-refractivity contribution in [1.29, 1.82) is 0 Å². The molecule has 2 aromatic carbocycles. The van der Waals surface area contributed by atoms with Gasteiger partial charge < -0.3 is 17.3 Å². The fourth-order valence-electron chi connectivity index (χ4n) is 2.32. The van der Waals surface area contributed by atoms with Crippen LogP contribution in [0.15, 0.2) is 48.5 Å². The van der Waals surface area contributed by atoms with Gasteiger partial charge in [-0.2, -0.15) is 0 Å². The molecule has 1 nitrogen and oxygen atoms in total. The van der Waals surface area contributed by atoms with E-state index in [4.69, 9.17) is 0 Å². The third-order valence-electron chi connectivity index (χ3n) is 3.42. The van der Waals surface area contributed by atoms with Crippen LogP contribution in [0.3, 0.4) is 0 Å². The molecular formula is C18H22ClMgOP. The van der Waals surface area contributed by atoms with Crippen molar-refractivity contribution in [2.75, 3.05) is 0 Å². The first-order valence-electron chi connectivity index (χ1n) is 7.39. The summed E-state index contributed by atoms with van der Waals surface area (Å²) in [4.78, 5) is 12.5. The van der Waals surface area contributed by atoms with E-state index >= 15 is 0 Å². The Hall–Kier alpha value is -0.114. The summed E-state index contributed by atoms with van der Waals surface area (Å²) in [6, 6.07) is 16.4. The van der Waals surface area contributed by atoms with Gasteiger partial charge in [0.2, 0.25) is 0 Å². The first kappa shape index (κ1) is 21.9. The summed E-state index contributed by atoms with van der Waals surface area (Å²) in [6.07, 6.45) is 4.46. The molecule has 0 saturated carbocycles. The maximum absolute atomic E-state index is 12.5. The minimum Gasteiger partial charge on any atom is -1.00 e. The maximum atomic E-state index is 12.5. The number of aryl methyl sites for hydroxylation is 2. The monoisotopic (exact) mass is 344 g/mol. The van der Waals surface area contributed by atoms with Crippen molar-refractivity contribution in [1.82, 2.24) is 0 Å². The summed E-state index contributed by atoms with van der Waals surface area (Å²) in [5.74, 6) is 0. The number of rotatable bonds is 6. The van der Waals surface area contributed by atoms with Crippen LogP contribution in [0.1, 0.15) is 37.8 Å². The Kier molecular flexibility index (Phi) is 11.4. The van der Waals surface area contributed by atoms with E-state index in [0.29, 0.717) is 0 Å². The average Bonchev–Trinajstić information content (AvgIpc) is 2.49. The topological polar surface area (TPSA) is 23.1 Å². The molecule has 0 heterocycles. The SMILES string of the molecule is CCCc1ccc(P([O-])c2ccc(CCC)cc2)cc1.[Cl-].[Mg+2]. The van der Waals surface area contributed by atoms with Gasteiger partial charge in [-0.15, -0.1) is 8.15 Å². The minimum absolute atomic E-state index is 0. The Morgan fingerprint density at radius 3 is 1.32 bits per heavy atom. The summed E-state index contributed by atoms with van der Waals surface area (Å²) in [5, 5.41) is 1.84. The zero-order valence-electron chi connectivity index (χ0n) is 13.4. The van der Waals surface area contributed by atoms with E-state index in [0.717, 1.165) is 36.3 Å². The predicted molar refractivity (Wildman–Crippen MR) is 92.8 cm³/mol. The van der Waals surface area contributed by atoms with Crippen molar-refractivity contribution in [2.45, 2.75) is 39.5 Å². The number of hydrogen-bond donors (Lipinski definition) is 0. The molecule has 22 heavy (non-hydrogen) atoms. The summed E-state index contributed by atoms with van der Waals surface area (Å²) < 4.78 is 0. The summed E-state index contributed by atoms with van der Waals surface area (Å²) in [5.41, 5.74) is 2.64. The van der Waals surface area contributed by atoms with Gasteiger partial charge in [0.1, 0.15) is 0 Å². The van der Waals surface area contributed by atoms with E-state index in [2.05, 4.69) is 38.1 Å². The molecular weight excluding hydrogens is 323 g/mol. The second-order valence-corrected chi connectivity index (χ2v) is 6.75. The van der Waals surface area contributed by atoms with Gasteiger partial charge in [0.05, 0.1) is 0 Å². The zero-order chi connectivity index (χ0) is 14.4. The van der Waals surface area contributed by atoms with Crippen LogP contribution in [0.25, 0.3) is 0 Å². The van der Waals surface area contributed by atoms with Gasteiger partial charge in [-0.25, -0.2) is 0 Å². The Balaban J connectivity index is 0.00000220. The smallest absolute Gasteiger partial charge is 1.00 e. The van der Waals surface area contributed by atoms with Crippen molar-refractivity contribution in [2.24, 2.45) is 0 Å². The van der Waals surface area contributed by atoms with Gasteiger partial charge in [0, 0.05) is 0 Å². The number of hydrogen-bond acceptors (Lipinski definition) is 1. The van der Waals surface area contributed by atoms with E-state index in [9.17, 15) is 4.89 Å². The van der Waals surface area contributed by atoms with Crippen LogP contribution in [-0.4, -0.2) is 23.1 Å². The maximum Gasteiger partial charge on any atom is 2.00 e. The van der Waals surface area contributed by atoms with E-state index in [-0.39, 0.29) is 35.5 Å². The van der Waals surface area contributed by atoms with E-state index in [1.54, 1.807) is 0 Å². The summed E-state index contributed by atoms with van der Waals surface area (Å²) in [6.45, 7) is 4.35. The molecule has 0 spiro atoms. The van der Waals surface area contributed by atoms with E-state index in [1.807, 2.05) is 24.3 Å². The molecule has 114 valence electrons. The number of benzene rings is 2. The molecule has 0 saturated heterocycles. The summed E-state index contributed by atoms with van der Waals surface area (Å²) in [7, 11) is -1.46. The Morgan fingerprint density at radius 2 is 1.05 bits per heavy atom. The molecule has 0 unspecified atom stereocenters. The van der Waals surface area contributed by atoms with Gasteiger partial charge in [-0.1, -0.05) is 75.2 Å². The molecule has 0 aliphatic rings. The van der Waals surface area contributed by atoms with Crippen LogP contribution in [0.2, 0.25) is 0 Å². The Morgan fingerprint density at radius 1 is 0.727 bits per heavy atom. The molecule has 2 rings (SSSR count). The van der Waals surface area contributed by atoms with E-state index < -0.39 is 8.15 Å². The van der Waals surface area contributed by atoms with Crippen LogP contribution in [0.5, 0.6) is 0 Å². The van der Waals surface area contributed by atoms with Crippen molar-refractivity contribution in [3.63, 3.8) is 0 Å². The molecule has 0 aromatic heterocycles. The molecule has 0 radical (unpaired) electrons. The van der Waals surface area contributed by atoms with Gasteiger partial charge in [0.25, 0.3) is 0 Å². The second-order valence-electron chi connectivity index (χ2n) is 5.13. The molecule has 0 amide bonds. The van der Waals surface area contributed by atoms with E-state index in [1.165, 1.54) is 11.1 Å². The molecule has 2 aromatic rings. The fraction of sp³-hybridized carbons (Fsp3) is 0.333. The predicted octanol–water partition coefficient (Wildman–Crippen LogP) is -0.0772. The molecule has 0 aliphatic carbocycles. The van der Waals surface area contributed by atoms with Crippen molar-refractivity contribution in [3.05, 3.63) is 59.7 Å². The third-order valence-corrected chi connectivity index (χ3v) is 4.95. The molecule has 0 N–H and O–H groups in total. The van der Waals surface area contributed by atoms with Gasteiger partial charge >= 0.3 is 23.1 Å². The Labute approximate surface area is 157 Å². The van der Waals surface area contributed by atoms with Crippen molar-refractivity contribution >= 4 is 41.8 Å². The van der Waals surface area contributed by atoms with Crippen LogP contribution >= 0.6 is 8.15 Å². The van der Waals surface area contributed by atoms with Crippen LogP contribution in [-0.2, 0) is 12.8 Å². The van der Waals surface area contributed by atoms with Crippen LogP contribution < -0.4 is 27.9 Å². The second kappa shape index (κ2) is 11.4. The first-order valence-corrected chi connectivity index (χ1v) is 8.65. The largest absolute Gasteiger partial charge is 2.00 e. The fourth-order valence-corrected chi connectivity index (χ4v) is 3.46. The van der Waals surface area contributed by atoms with Crippen LogP contribution in [0, 0.1) is 0 Å². The molecule has 0 aliphatic heterocycles. The molecule has 0 bridgehead atoms. The normalized spacial score (nSPS) is 10.0. The quantitative estimate of drug-likeness (QED) is 0.531. The van der Waals surface area contributed by atoms with Gasteiger partial charge in [-0.3, -0.25) is 0 Å². The zero-order valence-corrected chi connectivity index (χ0v) is 16.5. The van der Waals surface area contributed by atoms with Crippen LogP contribution in [0.4, 0.5) is 0 Å².